The number of benzene rings is 1. The number of rotatable bonds is 5. The van der Waals surface area contributed by atoms with Crippen LogP contribution in [0, 0.1) is 5.41 Å². The Morgan fingerprint density at radius 2 is 1.87 bits per heavy atom. The van der Waals surface area contributed by atoms with E-state index in [9.17, 15) is 4.79 Å². The summed E-state index contributed by atoms with van der Waals surface area (Å²) in [4.78, 5) is 23.7. The van der Waals surface area contributed by atoms with Gasteiger partial charge in [0, 0.05) is 65.6 Å². The number of nitrogens with one attached hydrogen (secondary N) is 1. The van der Waals surface area contributed by atoms with E-state index in [1.807, 2.05) is 33.3 Å². The number of nitrogens with zero attached hydrogens (tertiary/aromatic N) is 4. The highest BCUT2D eigenvalue weighted by molar-refractivity contribution is 14.0. The lowest BCUT2D eigenvalue weighted by molar-refractivity contribution is -0.138. The summed E-state index contributed by atoms with van der Waals surface area (Å²) >= 11 is 0. The van der Waals surface area contributed by atoms with E-state index in [-0.39, 0.29) is 35.3 Å². The second kappa shape index (κ2) is 11.1. The summed E-state index contributed by atoms with van der Waals surface area (Å²) in [6.45, 7) is 4.30. The van der Waals surface area contributed by atoms with Crippen LogP contribution in [0.5, 0.6) is 5.75 Å². The van der Waals surface area contributed by atoms with Crippen molar-refractivity contribution in [2.45, 2.75) is 25.7 Å². The van der Waals surface area contributed by atoms with Crippen LogP contribution in [0.4, 0.5) is 5.69 Å². The van der Waals surface area contributed by atoms with Crippen LogP contribution in [0.1, 0.15) is 25.7 Å². The smallest absolute Gasteiger partial charge is 0.230 e. The molecule has 8 heteroatoms. The lowest BCUT2D eigenvalue weighted by Crippen LogP contribution is -2.55. The van der Waals surface area contributed by atoms with Crippen LogP contribution in [0.15, 0.2) is 29.3 Å². The van der Waals surface area contributed by atoms with Crippen LogP contribution in [0.2, 0.25) is 0 Å². The number of piperazine rings is 1. The van der Waals surface area contributed by atoms with Gasteiger partial charge >= 0.3 is 0 Å². The fourth-order valence-corrected chi connectivity index (χ4v) is 4.56. The van der Waals surface area contributed by atoms with Gasteiger partial charge in [-0.25, -0.2) is 0 Å². The molecular weight excluding hydrogens is 493 g/mol. The predicted molar refractivity (Wildman–Crippen MR) is 133 cm³/mol. The van der Waals surface area contributed by atoms with Crippen LogP contribution in [-0.4, -0.2) is 82.6 Å². The molecule has 0 radical (unpaired) electrons. The first-order chi connectivity index (χ1) is 14.0. The minimum atomic E-state index is -0.290. The molecule has 2 fully saturated rings. The molecule has 1 aromatic carbocycles. The maximum Gasteiger partial charge on any atom is 0.230 e. The van der Waals surface area contributed by atoms with E-state index in [0.717, 1.165) is 63.6 Å². The highest BCUT2D eigenvalue weighted by Gasteiger charge is 2.42. The van der Waals surface area contributed by atoms with Gasteiger partial charge in [-0.05, 0) is 25.0 Å². The molecule has 1 aromatic rings. The number of hydrogen-bond acceptors (Lipinski definition) is 4. The summed E-state index contributed by atoms with van der Waals surface area (Å²) in [6, 6.07) is 8.21. The Morgan fingerprint density at radius 1 is 1.20 bits per heavy atom. The number of aliphatic imine (C=N–C) groups is 1. The zero-order valence-electron chi connectivity index (χ0n) is 18.7. The SMILES string of the molecule is CN=C(NCC1(C(=O)N(C)C)CCCC1)N1CCN(c2cccc(OC)c2)CC1.I. The van der Waals surface area contributed by atoms with Crippen LogP contribution in [0.25, 0.3) is 0 Å². The number of halogens is 1. The second-order valence-corrected chi connectivity index (χ2v) is 8.26. The van der Waals surface area contributed by atoms with Gasteiger partial charge in [0.15, 0.2) is 5.96 Å². The van der Waals surface area contributed by atoms with Gasteiger partial charge in [-0.15, -0.1) is 24.0 Å². The van der Waals surface area contributed by atoms with Crippen LogP contribution in [-0.2, 0) is 4.79 Å². The third-order valence-corrected chi connectivity index (χ3v) is 6.21. The first-order valence-electron chi connectivity index (χ1n) is 10.6. The molecule has 1 N–H and O–H groups in total. The first-order valence-corrected chi connectivity index (χ1v) is 10.6. The molecule has 30 heavy (non-hydrogen) atoms. The van der Waals surface area contributed by atoms with Crippen LogP contribution >= 0.6 is 24.0 Å². The molecule has 0 atom stereocenters. The van der Waals surface area contributed by atoms with Crippen molar-refractivity contribution in [2.24, 2.45) is 10.4 Å². The molecule has 0 unspecified atom stereocenters. The number of guanidine groups is 1. The molecule has 0 spiro atoms. The standard InChI is InChI=1S/C22H35N5O2.HI/c1-23-21(24-17-22(10-5-6-11-22)20(28)25(2)3)27-14-12-26(13-15-27)18-8-7-9-19(16-18)29-4;/h7-9,16H,5-6,10-15,17H2,1-4H3,(H,23,24);1H. The van der Waals surface area contributed by atoms with Crippen LogP contribution < -0.4 is 15.0 Å². The number of amides is 1. The topological polar surface area (TPSA) is 60.4 Å². The molecule has 7 nitrogen and oxygen atoms in total. The van der Waals surface area contributed by atoms with E-state index in [0.29, 0.717) is 6.54 Å². The molecule has 168 valence electrons. The molecule has 1 saturated carbocycles. The van der Waals surface area contributed by atoms with E-state index >= 15 is 0 Å². The maximum absolute atomic E-state index is 12.8. The Labute approximate surface area is 197 Å². The van der Waals surface area contributed by atoms with Gasteiger partial charge in [0.25, 0.3) is 0 Å². The molecule has 1 heterocycles. The van der Waals surface area contributed by atoms with Crippen molar-refractivity contribution >= 4 is 41.5 Å². The summed E-state index contributed by atoms with van der Waals surface area (Å²) in [6.07, 6.45) is 4.16. The third-order valence-electron chi connectivity index (χ3n) is 6.21. The molecule has 0 bridgehead atoms. The molecular formula is C22H36IN5O2. The van der Waals surface area contributed by atoms with Crippen molar-refractivity contribution in [3.8, 4) is 5.75 Å². The van der Waals surface area contributed by atoms with E-state index in [1.165, 1.54) is 5.69 Å². The van der Waals surface area contributed by atoms with Gasteiger partial charge in [-0.3, -0.25) is 9.79 Å². The van der Waals surface area contributed by atoms with Crippen LogP contribution in [0.3, 0.4) is 0 Å². The molecule has 2 aliphatic rings. The fourth-order valence-electron chi connectivity index (χ4n) is 4.56. The Bertz CT molecular complexity index is 726. The van der Waals surface area contributed by atoms with E-state index in [1.54, 1.807) is 12.0 Å². The predicted octanol–water partition coefficient (Wildman–Crippen LogP) is 2.66. The lowest BCUT2D eigenvalue weighted by atomic mass is 9.84. The molecule has 1 aliphatic heterocycles. The lowest BCUT2D eigenvalue weighted by Gasteiger charge is -2.39. The largest absolute Gasteiger partial charge is 0.497 e. The quantitative estimate of drug-likeness (QED) is 0.361. The summed E-state index contributed by atoms with van der Waals surface area (Å²) in [5, 5.41) is 3.52. The number of methoxy groups -OCH3 is 1. The monoisotopic (exact) mass is 529 g/mol. The Morgan fingerprint density at radius 3 is 2.43 bits per heavy atom. The Kier molecular flexibility index (Phi) is 9.06. The molecule has 3 rings (SSSR count). The van der Waals surface area contributed by atoms with Gasteiger partial charge in [0.2, 0.25) is 5.91 Å². The van der Waals surface area contributed by atoms with Gasteiger partial charge in [-0.2, -0.15) is 0 Å². The van der Waals surface area contributed by atoms with Crippen molar-refractivity contribution in [2.75, 3.05) is 65.9 Å². The summed E-state index contributed by atoms with van der Waals surface area (Å²) in [5.74, 6) is 2.02. The van der Waals surface area contributed by atoms with Gasteiger partial charge in [0.1, 0.15) is 5.75 Å². The van der Waals surface area contributed by atoms with Crippen molar-refractivity contribution in [1.82, 2.24) is 15.1 Å². The number of ether oxygens (including phenoxy) is 1. The molecule has 1 saturated heterocycles. The number of carbonyl (C=O) groups excluding carboxylic acids is 1. The van der Waals surface area contributed by atoms with Crippen molar-refractivity contribution in [1.29, 1.82) is 0 Å². The molecule has 1 aliphatic carbocycles. The Hall–Kier alpha value is -1.71. The molecule has 1 amide bonds. The maximum atomic E-state index is 12.8. The summed E-state index contributed by atoms with van der Waals surface area (Å²) < 4.78 is 5.35. The highest BCUT2D eigenvalue weighted by Crippen LogP contribution is 2.39. The zero-order chi connectivity index (χ0) is 20.9. The molecule has 0 aromatic heterocycles. The number of hydrogen-bond donors (Lipinski definition) is 1. The Balaban J connectivity index is 0.00000320. The second-order valence-electron chi connectivity index (χ2n) is 8.26. The van der Waals surface area contributed by atoms with Gasteiger partial charge < -0.3 is 24.8 Å². The normalized spacial score (nSPS) is 18.6. The fraction of sp³-hybridized carbons (Fsp3) is 0.636. The van der Waals surface area contributed by atoms with E-state index < -0.39 is 0 Å². The first kappa shape index (κ1) is 24.6. The van der Waals surface area contributed by atoms with Crippen molar-refractivity contribution in [3.05, 3.63) is 24.3 Å². The van der Waals surface area contributed by atoms with Gasteiger partial charge in [-0.1, -0.05) is 18.9 Å². The van der Waals surface area contributed by atoms with Crippen molar-refractivity contribution < 1.29 is 9.53 Å². The minimum absolute atomic E-state index is 0. The van der Waals surface area contributed by atoms with Crippen molar-refractivity contribution in [3.63, 3.8) is 0 Å². The zero-order valence-corrected chi connectivity index (χ0v) is 21.0. The minimum Gasteiger partial charge on any atom is -0.497 e. The number of carbonyl (C=O) groups is 1. The van der Waals surface area contributed by atoms with E-state index in [2.05, 4.69) is 32.2 Å². The van der Waals surface area contributed by atoms with E-state index in [4.69, 9.17) is 4.74 Å². The van der Waals surface area contributed by atoms with Gasteiger partial charge in [0.05, 0.1) is 12.5 Å². The third kappa shape index (κ3) is 5.50. The average Bonchev–Trinajstić information content (AvgIpc) is 3.24. The number of anilines is 1. The average molecular weight is 529 g/mol. The summed E-state index contributed by atoms with van der Waals surface area (Å²) in [7, 11) is 7.24. The highest BCUT2D eigenvalue weighted by atomic mass is 127. The summed E-state index contributed by atoms with van der Waals surface area (Å²) in [5.41, 5.74) is 0.899.